The molecule has 1 heterocycles. The molecule has 0 radical (unpaired) electrons. The van der Waals surface area contributed by atoms with Crippen molar-refractivity contribution in [2.24, 2.45) is 5.92 Å². The molecule has 0 bridgehead atoms. The number of aromatic nitrogens is 2. The maximum Gasteiger partial charge on any atom is 0.0568 e. The van der Waals surface area contributed by atoms with Crippen molar-refractivity contribution in [3.05, 3.63) is 42.7 Å². The Bertz CT molecular complexity index is 468. The molecule has 0 aliphatic heterocycles. The normalized spacial score (nSPS) is 17.3. The molecule has 2 heteroatoms. The van der Waals surface area contributed by atoms with E-state index in [9.17, 15) is 0 Å². The van der Waals surface area contributed by atoms with Gasteiger partial charge >= 0.3 is 0 Å². The zero-order valence-corrected chi connectivity index (χ0v) is 9.50. The van der Waals surface area contributed by atoms with Crippen LogP contribution in [0.1, 0.15) is 25.8 Å². The van der Waals surface area contributed by atoms with Crippen molar-refractivity contribution in [3.63, 3.8) is 0 Å². The number of hydrogen-bond donors (Lipinski definition) is 0. The van der Waals surface area contributed by atoms with E-state index < -0.39 is 0 Å². The Hall–Kier alpha value is -1.57. The fraction of sp³-hybridized carbons (Fsp3) is 0.357. The maximum atomic E-state index is 4.47. The molecule has 82 valence electrons. The van der Waals surface area contributed by atoms with Gasteiger partial charge < -0.3 is 0 Å². The smallest absolute Gasteiger partial charge is 0.0568 e. The molecule has 2 nitrogen and oxygen atoms in total. The molecule has 1 fully saturated rings. The summed E-state index contributed by atoms with van der Waals surface area (Å²) >= 11 is 0. The standard InChI is InChI=1S/C14H16N2/c1-11(12-7-8-12)16-10-14(9-15-16)13-5-3-2-4-6-13/h2-6,9-12H,7-8H2,1H3. The van der Waals surface area contributed by atoms with Gasteiger partial charge in [0, 0.05) is 11.8 Å². The summed E-state index contributed by atoms with van der Waals surface area (Å²) in [6, 6.07) is 11.0. The Kier molecular flexibility index (Phi) is 2.28. The predicted molar refractivity (Wildman–Crippen MR) is 65.1 cm³/mol. The van der Waals surface area contributed by atoms with Crippen LogP contribution in [0.25, 0.3) is 11.1 Å². The van der Waals surface area contributed by atoms with Gasteiger partial charge in [-0.2, -0.15) is 5.10 Å². The zero-order valence-electron chi connectivity index (χ0n) is 9.50. The van der Waals surface area contributed by atoms with E-state index >= 15 is 0 Å². The van der Waals surface area contributed by atoms with Crippen molar-refractivity contribution < 1.29 is 0 Å². The fourth-order valence-electron chi connectivity index (χ4n) is 2.14. The number of hydrogen-bond acceptors (Lipinski definition) is 1. The van der Waals surface area contributed by atoms with E-state index in [2.05, 4.69) is 47.2 Å². The van der Waals surface area contributed by atoms with E-state index in [1.165, 1.54) is 24.0 Å². The van der Waals surface area contributed by atoms with Gasteiger partial charge in [0.15, 0.2) is 0 Å². The molecule has 0 amide bonds. The molecular weight excluding hydrogens is 196 g/mol. The molecule has 1 aliphatic carbocycles. The quantitative estimate of drug-likeness (QED) is 0.761. The Morgan fingerprint density at radius 2 is 1.94 bits per heavy atom. The lowest BCUT2D eigenvalue weighted by molar-refractivity contribution is 0.440. The SMILES string of the molecule is CC(C1CC1)n1cc(-c2ccccc2)cn1. The summed E-state index contributed by atoms with van der Waals surface area (Å²) in [5, 5.41) is 4.47. The second-order valence-corrected chi connectivity index (χ2v) is 4.65. The summed E-state index contributed by atoms with van der Waals surface area (Å²) in [6.45, 7) is 2.26. The van der Waals surface area contributed by atoms with Gasteiger partial charge in [-0.25, -0.2) is 0 Å². The second kappa shape index (κ2) is 3.78. The highest BCUT2D eigenvalue weighted by Crippen LogP contribution is 2.39. The van der Waals surface area contributed by atoms with E-state index in [1.54, 1.807) is 0 Å². The monoisotopic (exact) mass is 212 g/mol. The van der Waals surface area contributed by atoms with Gasteiger partial charge in [0.25, 0.3) is 0 Å². The van der Waals surface area contributed by atoms with E-state index in [0.717, 1.165) is 5.92 Å². The molecule has 0 N–H and O–H groups in total. The maximum absolute atomic E-state index is 4.47. The summed E-state index contributed by atoms with van der Waals surface area (Å²) in [6.07, 6.45) is 6.86. The lowest BCUT2D eigenvalue weighted by Crippen LogP contribution is -2.06. The van der Waals surface area contributed by atoms with Crippen LogP contribution in [0.3, 0.4) is 0 Å². The molecule has 16 heavy (non-hydrogen) atoms. The minimum atomic E-state index is 0.553. The topological polar surface area (TPSA) is 17.8 Å². The van der Waals surface area contributed by atoms with Crippen molar-refractivity contribution in [2.45, 2.75) is 25.8 Å². The molecule has 1 atom stereocenters. The van der Waals surface area contributed by atoms with Crippen molar-refractivity contribution in [3.8, 4) is 11.1 Å². The predicted octanol–water partition coefficient (Wildman–Crippen LogP) is 3.52. The third kappa shape index (κ3) is 1.75. The first-order valence-corrected chi connectivity index (χ1v) is 5.94. The minimum absolute atomic E-state index is 0.553. The van der Waals surface area contributed by atoms with E-state index in [4.69, 9.17) is 0 Å². The van der Waals surface area contributed by atoms with Crippen LogP contribution >= 0.6 is 0 Å². The first-order chi connectivity index (χ1) is 7.84. The van der Waals surface area contributed by atoms with Crippen LogP contribution in [0, 0.1) is 5.92 Å². The highest BCUT2D eigenvalue weighted by molar-refractivity contribution is 5.61. The largest absolute Gasteiger partial charge is 0.269 e. The Morgan fingerprint density at radius 1 is 1.19 bits per heavy atom. The van der Waals surface area contributed by atoms with Crippen molar-refractivity contribution in [1.82, 2.24) is 9.78 Å². The molecule has 1 saturated carbocycles. The molecule has 0 saturated heterocycles. The third-order valence-electron chi connectivity index (χ3n) is 3.43. The van der Waals surface area contributed by atoms with Crippen molar-refractivity contribution in [1.29, 1.82) is 0 Å². The zero-order chi connectivity index (χ0) is 11.0. The molecule has 1 aromatic carbocycles. The number of benzene rings is 1. The summed E-state index contributed by atoms with van der Waals surface area (Å²) in [5.41, 5.74) is 2.46. The van der Waals surface area contributed by atoms with Crippen molar-refractivity contribution in [2.75, 3.05) is 0 Å². The molecule has 1 aliphatic rings. The van der Waals surface area contributed by atoms with Gasteiger partial charge in [-0.3, -0.25) is 4.68 Å². The van der Waals surface area contributed by atoms with Gasteiger partial charge in [-0.05, 0) is 31.2 Å². The molecule has 3 rings (SSSR count). The van der Waals surface area contributed by atoms with Gasteiger partial charge in [-0.1, -0.05) is 30.3 Å². The number of rotatable bonds is 3. The highest BCUT2D eigenvalue weighted by atomic mass is 15.3. The van der Waals surface area contributed by atoms with Gasteiger partial charge in [0.05, 0.1) is 12.2 Å². The van der Waals surface area contributed by atoms with E-state index in [1.807, 2.05) is 12.3 Å². The second-order valence-electron chi connectivity index (χ2n) is 4.65. The lowest BCUT2D eigenvalue weighted by Gasteiger charge is -2.09. The molecule has 1 unspecified atom stereocenters. The Morgan fingerprint density at radius 3 is 2.62 bits per heavy atom. The van der Waals surface area contributed by atoms with Gasteiger partial charge in [0.1, 0.15) is 0 Å². The molecule has 1 aromatic heterocycles. The average molecular weight is 212 g/mol. The van der Waals surface area contributed by atoms with Crippen LogP contribution < -0.4 is 0 Å². The van der Waals surface area contributed by atoms with Crippen LogP contribution in [0.5, 0.6) is 0 Å². The molecule has 2 aromatic rings. The summed E-state index contributed by atoms with van der Waals surface area (Å²) in [5.74, 6) is 0.850. The van der Waals surface area contributed by atoms with Crippen molar-refractivity contribution >= 4 is 0 Å². The highest BCUT2D eigenvalue weighted by Gasteiger charge is 2.29. The van der Waals surface area contributed by atoms with Crippen LogP contribution in [0.2, 0.25) is 0 Å². The van der Waals surface area contributed by atoms with Crippen LogP contribution in [-0.2, 0) is 0 Å². The summed E-state index contributed by atoms with van der Waals surface area (Å²) in [7, 11) is 0. The van der Waals surface area contributed by atoms with E-state index in [-0.39, 0.29) is 0 Å². The fourth-order valence-corrected chi connectivity index (χ4v) is 2.14. The Balaban J connectivity index is 1.87. The minimum Gasteiger partial charge on any atom is -0.269 e. The Labute approximate surface area is 95.9 Å². The third-order valence-corrected chi connectivity index (χ3v) is 3.43. The average Bonchev–Trinajstić information content (AvgIpc) is 3.07. The van der Waals surface area contributed by atoms with Crippen LogP contribution in [0.4, 0.5) is 0 Å². The first kappa shape index (κ1) is 9.64. The van der Waals surface area contributed by atoms with Crippen LogP contribution in [0.15, 0.2) is 42.7 Å². The van der Waals surface area contributed by atoms with Gasteiger partial charge in [-0.15, -0.1) is 0 Å². The number of nitrogens with zero attached hydrogens (tertiary/aromatic N) is 2. The first-order valence-electron chi connectivity index (χ1n) is 5.94. The van der Waals surface area contributed by atoms with Crippen LogP contribution in [-0.4, -0.2) is 9.78 Å². The lowest BCUT2D eigenvalue weighted by atomic mass is 10.1. The van der Waals surface area contributed by atoms with E-state index in [0.29, 0.717) is 6.04 Å². The molecule has 0 spiro atoms. The summed E-state index contributed by atoms with van der Waals surface area (Å²) in [4.78, 5) is 0. The van der Waals surface area contributed by atoms with Gasteiger partial charge in [0.2, 0.25) is 0 Å². The molecular formula is C14H16N2. The summed E-state index contributed by atoms with van der Waals surface area (Å²) < 4.78 is 2.11.